The summed E-state index contributed by atoms with van der Waals surface area (Å²) in [5.41, 5.74) is 4.54. The van der Waals surface area contributed by atoms with E-state index in [0.29, 0.717) is 0 Å². The van der Waals surface area contributed by atoms with Crippen molar-refractivity contribution in [1.82, 2.24) is 0 Å². The Morgan fingerprint density at radius 1 is 1.12 bits per heavy atom. The largest absolute Gasteiger partial charge is 0.145 e. The summed E-state index contributed by atoms with van der Waals surface area (Å²) in [6.45, 7) is 4.62. The third-order valence-electron chi connectivity index (χ3n) is 3.42. The van der Waals surface area contributed by atoms with Crippen LogP contribution in [-0.4, -0.2) is 0 Å². The molecule has 0 N–H and O–H groups in total. The van der Waals surface area contributed by atoms with Crippen molar-refractivity contribution in [3.8, 4) is 11.1 Å². The number of hydrogen-bond acceptors (Lipinski definition) is 1. The van der Waals surface area contributed by atoms with Crippen LogP contribution in [-0.2, 0) is 12.8 Å². The van der Waals surface area contributed by atoms with Crippen molar-refractivity contribution in [3.05, 3.63) is 45.6 Å². The van der Waals surface area contributed by atoms with E-state index in [9.17, 15) is 0 Å². The molecule has 0 spiro atoms. The Hall–Kier alpha value is -1.08. The molecule has 16 heavy (non-hydrogen) atoms. The first-order valence-corrected chi connectivity index (χ1v) is 6.74. The Bertz CT molecular complexity index is 508. The van der Waals surface area contributed by atoms with E-state index in [2.05, 4.69) is 44.2 Å². The second-order valence-corrected chi connectivity index (χ2v) is 6.12. The summed E-state index contributed by atoms with van der Waals surface area (Å²) in [5.74, 6) is 0.837. The van der Waals surface area contributed by atoms with Gasteiger partial charge in [0.15, 0.2) is 0 Å². The third-order valence-corrected chi connectivity index (χ3v) is 4.59. The van der Waals surface area contributed by atoms with Gasteiger partial charge in [-0.05, 0) is 42.4 Å². The maximum Gasteiger partial charge on any atom is 0.00984 e. The van der Waals surface area contributed by atoms with Gasteiger partial charge in [0.1, 0.15) is 0 Å². The van der Waals surface area contributed by atoms with Crippen LogP contribution in [0.2, 0.25) is 0 Å². The normalized spacial score (nSPS) is 18.8. The molecule has 0 nitrogen and oxygen atoms in total. The molecule has 1 unspecified atom stereocenters. The van der Waals surface area contributed by atoms with Crippen molar-refractivity contribution in [2.24, 2.45) is 5.92 Å². The van der Waals surface area contributed by atoms with E-state index in [0.717, 1.165) is 5.92 Å². The van der Waals surface area contributed by atoms with Crippen LogP contribution in [0.4, 0.5) is 0 Å². The van der Waals surface area contributed by atoms with Gasteiger partial charge in [-0.15, -0.1) is 11.3 Å². The number of fused-ring (bicyclic) bond motifs is 1. The van der Waals surface area contributed by atoms with Crippen LogP contribution >= 0.6 is 11.3 Å². The summed E-state index contributed by atoms with van der Waals surface area (Å²) < 4.78 is 0. The fraction of sp³-hybridized carbons (Fsp3) is 0.333. The van der Waals surface area contributed by atoms with Crippen LogP contribution in [0.25, 0.3) is 11.1 Å². The lowest BCUT2D eigenvalue weighted by molar-refractivity contribution is 0.629. The van der Waals surface area contributed by atoms with E-state index < -0.39 is 0 Å². The molecule has 1 heterocycles. The summed E-state index contributed by atoms with van der Waals surface area (Å²) >= 11 is 2.00. The van der Waals surface area contributed by atoms with Crippen molar-refractivity contribution in [1.29, 1.82) is 0 Å². The van der Waals surface area contributed by atoms with Gasteiger partial charge >= 0.3 is 0 Å². The van der Waals surface area contributed by atoms with Crippen LogP contribution in [0.1, 0.15) is 22.2 Å². The Balaban J connectivity index is 2.15. The average molecular weight is 228 g/mol. The van der Waals surface area contributed by atoms with Gasteiger partial charge in [-0.25, -0.2) is 0 Å². The Kier molecular flexibility index (Phi) is 2.36. The third kappa shape index (κ3) is 1.51. The molecular formula is C15H16S. The highest BCUT2D eigenvalue weighted by molar-refractivity contribution is 7.12. The molecule has 2 aromatic rings. The highest BCUT2D eigenvalue weighted by atomic mass is 32.1. The zero-order chi connectivity index (χ0) is 11.1. The molecule has 0 radical (unpaired) electrons. The molecule has 1 atom stereocenters. The van der Waals surface area contributed by atoms with Crippen molar-refractivity contribution < 1.29 is 0 Å². The molecule has 0 amide bonds. The highest BCUT2D eigenvalue weighted by Gasteiger charge is 2.25. The summed E-state index contributed by atoms with van der Waals surface area (Å²) in [6.07, 6.45) is 2.55. The molecule has 82 valence electrons. The molecule has 3 rings (SSSR count). The maximum absolute atomic E-state index is 2.36. The van der Waals surface area contributed by atoms with Gasteiger partial charge in [-0.2, -0.15) is 0 Å². The van der Waals surface area contributed by atoms with Crippen molar-refractivity contribution in [3.63, 3.8) is 0 Å². The Morgan fingerprint density at radius 3 is 2.62 bits per heavy atom. The number of thiophene rings is 1. The zero-order valence-electron chi connectivity index (χ0n) is 9.79. The number of aryl methyl sites for hydroxylation is 1. The van der Waals surface area contributed by atoms with Crippen molar-refractivity contribution in [2.75, 3.05) is 0 Å². The minimum Gasteiger partial charge on any atom is -0.145 e. The van der Waals surface area contributed by atoms with Gasteiger partial charge in [0, 0.05) is 9.75 Å². The van der Waals surface area contributed by atoms with Gasteiger partial charge in [0.05, 0.1) is 0 Å². The Morgan fingerprint density at radius 2 is 1.88 bits per heavy atom. The van der Waals surface area contributed by atoms with Gasteiger partial charge in [-0.3, -0.25) is 0 Å². The topological polar surface area (TPSA) is 0 Å². The summed E-state index contributed by atoms with van der Waals surface area (Å²) in [6, 6.07) is 10.8. The monoisotopic (exact) mass is 228 g/mol. The highest BCUT2D eigenvalue weighted by Crippen LogP contribution is 2.42. The fourth-order valence-corrected chi connectivity index (χ4v) is 4.14. The summed E-state index contributed by atoms with van der Waals surface area (Å²) in [4.78, 5) is 3.12. The van der Waals surface area contributed by atoms with E-state index in [1.54, 1.807) is 10.4 Å². The maximum atomic E-state index is 2.36. The molecule has 1 aliphatic rings. The lowest BCUT2D eigenvalue weighted by Gasteiger charge is -2.05. The molecule has 1 aromatic carbocycles. The molecule has 0 saturated heterocycles. The van der Waals surface area contributed by atoms with E-state index in [-0.39, 0.29) is 0 Å². The van der Waals surface area contributed by atoms with E-state index in [1.165, 1.54) is 28.8 Å². The van der Waals surface area contributed by atoms with Crippen LogP contribution in [0.5, 0.6) is 0 Å². The van der Waals surface area contributed by atoms with E-state index in [4.69, 9.17) is 0 Å². The number of rotatable bonds is 1. The Labute approximate surface area is 101 Å². The summed E-state index contributed by atoms with van der Waals surface area (Å²) in [5, 5.41) is 0. The fourth-order valence-electron chi connectivity index (χ4n) is 2.75. The first kappa shape index (κ1) is 10.1. The smallest absolute Gasteiger partial charge is 0.00984 e. The molecule has 1 aromatic heterocycles. The van der Waals surface area contributed by atoms with Crippen LogP contribution < -0.4 is 0 Å². The first-order valence-electron chi connectivity index (χ1n) is 5.92. The molecule has 0 aliphatic heterocycles. The quantitative estimate of drug-likeness (QED) is 0.676. The van der Waals surface area contributed by atoms with Crippen molar-refractivity contribution in [2.45, 2.75) is 26.7 Å². The molecule has 1 aliphatic carbocycles. The van der Waals surface area contributed by atoms with Crippen LogP contribution in [0.3, 0.4) is 0 Å². The van der Waals surface area contributed by atoms with Gasteiger partial charge in [-0.1, -0.05) is 37.3 Å². The molecule has 1 heteroatoms. The van der Waals surface area contributed by atoms with E-state index in [1.807, 2.05) is 11.3 Å². The summed E-state index contributed by atoms with van der Waals surface area (Å²) in [7, 11) is 0. The molecule has 0 bridgehead atoms. The lowest BCUT2D eigenvalue weighted by Crippen LogP contribution is -1.92. The van der Waals surface area contributed by atoms with Crippen LogP contribution in [0, 0.1) is 12.8 Å². The average Bonchev–Trinajstić information content (AvgIpc) is 2.74. The van der Waals surface area contributed by atoms with Gasteiger partial charge < -0.3 is 0 Å². The van der Waals surface area contributed by atoms with E-state index >= 15 is 0 Å². The second kappa shape index (κ2) is 3.74. The predicted molar refractivity (Wildman–Crippen MR) is 71.1 cm³/mol. The van der Waals surface area contributed by atoms with Gasteiger partial charge in [0.25, 0.3) is 0 Å². The first-order chi connectivity index (χ1) is 7.75. The van der Waals surface area contributed by atoms with Gasteiger partial charge in [0.2, 0.25) is 0 Å². The zero-order valence-corrected chi connectivity index (χ0v) is 10.6. The molecular weight excluding hydrogens is 212 g/mol. The standard InChI is InChI=1S/C15H16S/c1-10-8-13-14(9-10)16-11(2)15(13)12-6-4-3-5-7-12/h3-7,10H,8-9H2,1-2H3. The minimum atomic E-state index is 0.837. The van der Waals surface area contributed by atoms with Crippen LogP contribution in [0.15, 0.2) is 30.3 Å². The predicted octanol–water partition coefficient (Wildman–Crippen LogP) is 4.46. The minimum absolute atomic E-state index is 0.837. The number of hydrogen-bond donors (Lipinski definition) is 0. The van der Waals surface area contributed by atoms with Crippen molar-refractivity contribution >= 4 is 11.3 Å². The SMILES string of the molecule is Cc1sc2c(c1-c1ccccc1)CC(C)C2. The molecule has 0 saturated carbocycles. The second-order valence-electron chi connectivity index (χ2n) is 4.81. The number of benzene rings is 1. The lowest BCUT2D eigenvalue weighted by atomic mass is 9.99. The molecule has 0 fully saturated rings.